The van der Waals surface area contributed by atoms with E-state index in [1.807, 2.05) is 18.2 Å². The molecule has 408 valence electrons. The molecule has 3 heterocycles. The number of aromatic nitrogens is 6. The smallest absolute Gasteiger partial charge is 0.160 e. The summed E-state index contributed by atoms with van der Waals surface area (Å²) in [5.41, 5.74) is 15.8. The molecule has 6 heteroatoms. The third-order valence-electron chi connectivity index (χ3n) is 17.9. The molecule has 18 rings (SSSR count). The van der Waals surface area contributed by atoms with Gasteiger partial charge in [-0.15, -0.1) is 0 Å². The van der Waals surface area contributed by atoms with Crippen molar-refractivity contribution in [1.29, 1.82) is 0 Å². The number of hydrogen-bond donors (Lipinski definition) is 0. The van der Waals surface area contributed by atoms with Gasteiger partial charge in [0.2, 0.25) is 0 Å². The molecule has 88 heavy (non-hydrogen) atoms. The molecule has 0 saturated carbocycles. The number of nitrogens with zero attached hydrogens (tertiary/aromatic N) is 6. The Morgan fingerprint density at radius 3 is 1.06 bits per heavy atom. The van der Waals surface area contributed by atoms with E-state index in [0.717, 1.165) is 106 Å². The predicted octanol–water partition coefficient (Wildman–Crippen LogP) is 21.2. The summed E-state index contributed by atoms with van der Waals surface area (Å²) in [5.74, 6) is 2.39. The van der Waals surface area contributed by atoms with Gasteiger partial charge in [0, 0.05) is 44.6 Å². The van der Waals surface area contributed by atoms with Gasteiger partial charge >= 0.3 is 0 Å². The van der Waals surface area contributed by atoms with E-state index in [1.165, 1.54) is 64.6 Å². The van der Waals surface area contributed by atoms with Gasteiger partial charge < -0.3 is 0 Å². The maximum Gasteiger partial charge on any atom is 0.160 e. The van der Waals surface area contributed by atoms with Crippen LogP contribution >= 0.6 is 0 Å². The molecule has 18 aromatic rings. The molecule has 0 aliphatic rings. The maximum absolute atomic E-state index is 5.76. The topological polar surface area (TPSA) is 61.4 Å². The third kappa shape index (κ3) is 7.89. The second-order valence-corrected chi connectivity index (χ2v) is 22.9. The van der Waals surface area contributed by atoms with E-state index >= 15 is 0 Å². The summed E-state index contributed by atoms with van der Waals surface area (Å²) in [6.07, 6.45) is 0. The van der Waals surface area contributed by atoms with E-state index < -0.39 is 0 Å². The van der Waals surface area contributed by atoms with Gasteiger partial charge in [-0.05, 0) is 166 Å². The molecule has 3 aromatic heterocycles. The van der Waals surface area contributed by atoms with Gasteiger partial charge in [-0.3, -0.25) is 9.13 Å². The Morgan fingerprint density at radius 2 is 0.580 bits per heavy atom. The summed E-state index contributed by atoms with van der Waals surface area (Å²) in [6.45, 7) is 0. The van der Waals surface area contributed by atoms with Crippen LogP contribution < -0.4 is 0 Å². The number of benzene rings is 15. The lowest BCUT2D eigenvalue weighted by Gasteiger charge is -2.18. The third-order valence-corrected chi connectivity index (χ3v) is 17.9. The van der Waals surface area contributed by atoms with E-state index in [-0.39, 0.29) is 0 Å². The Balaban J connectivity index is 0.898. The highest BCUT2D eigenvalue weighted by molar-refractivity contribution is 6.27. The molecule has 0 aliphatic heterocycles. The predicted molar refractivity (Wildman–Crippen MR) is 366 cm³/mol. The summed E-state index contributed by atoms with van der Waals surface area (Å²) in [6, 6.07) is 109. The fourth-order valence-electron chi connectivity index (χ4n) is 13.8. The molecule has 0 saturated heterocycles. The van der Waals surface area contributed by atoms with Crippen molar-refractivity contribution in [3.63, 3.8) is 0 Å². The first-order chi connectivity index (χ1) is 43.6. The summed E-state index contributed by atoms with van der Waals surface area (Å²) >= 11 is 0. The summed E-state index contributed by atoms with van der Waals surface area (Å²) in [5, 5.41) is 15.7. The first-order valence-corrected chi connectivity index (χ1v) is 29.9. The van der Waals surface area contributed by atoms with Gasteiger partial charge in [0.15, 0.2) is 5.82 Å². The standard InChI is InChI=1S/C82H50N6/c1-3-19-53(20-4-1)81-83-74-31-15-17-33-76(74)87(81)58-41-35-51(36-42-58)78-73-50-57(55-39-45-68-64-27-9-7-23-60(64)62-25-11-13-29-66(62)71(68)47-55)49-70(56-40-46-69-65-28-10-8-24-61(65)63-26-12-14-30-67(63)72(69)48-56)79(73)86-80(85-78)52-37-43-59(44-38-52)88-77-34-18-16-32-75(77)84-82(88)54-21-5-2-6-22-54/h1-50H. The average Bonchev–Trinajstić information content (AvgIpc) is 2.78. The van der Waals surface area contributed by atoms with Crippen LogP contribution in [0.4, 0.5) is 0 Å². The fraction of sp³-hybridized carbons (Fsp3) is 0. The second-order valence-electron chi connectivity index (χ2n) is 22.9. The summed E-state index contributed by atoms with van der Waals surface area (Å²) in [4.78, 5) is 21.9. The molecule has 0 aliphatic carbocycles. The highest BCUT2D eigenvalue weighted by Gasteiger charge is 2.22. The monoisotopic (exact) mass is 1120 g/mol. The van der Waals surface area contributed by atoms with E-state index in [4.69, 9.17) is 19.9 Å². The van der Waals surface area contributed by atoms with Crippen molar-refractivity contribution in [3.05, 3.63) is 303 Å². The van der Waals surface area contributed by atoms with Crippen LogP contribution in [0.25, 0.3) is 177 Å². The minimum Gasteiger partial charge on any atom is -0.292 e. The van der Waals surface area contributed by atoms with E-state index in [9.17, 15) is 0 Å². The molecule has 6 nitrogen and oxygen atoms in total. The largest absolute Gasteiger partial charge is 0.292 e. The van der Waals surface area contributed by atoms with Crippen molar-refractivity contribution in [2.45, 2.75) is 0 Å². The first kappa shape index (κ1) is 49.6. The molecule has 0 bridgehead atoms. The van der Waals surface area contributed by atoms with Crippen molar-refractivity contribution in [2.75, 3.05) is 0 Å². The van der Waals surface area contributed by atoms with E-state index in [1.54, 1.807) is 0 Å². The van der Waals surface area contributed by atoms with E-state index in [0.29, 0.717) is 5.82 Å². The summed E-state index contributed by atoms with van der Waals surface area (Å²) in [7, 11) is 0. The Bertz CT molecular complexity index is 5780. The van der Waals surface area contributed by atoms with Crippen LogP contribution in [-0.4, -0.2) is 29.1 Å². The molecular formula is C82H50N6. The quantitative estimate of drug-likeness (QED) is 0.142. The minimum absolute atomic E-state index is 0.624. The van der Waals surface area contributed by atoms with Crippen molar-refractivity contribution < 1.29 is 0 Å². The molecule has 0 atom stereocenters. The number of fused-ring (bicyclic) bond motifs is 15. The lowest BCUT2D eigenvalue weighted by Crippen LogP contribution is -2.00. The number of para-hydroxylation sites is 4. The van der Waals surface area contributed by atoms with Gasteiger partial charge in [-0.2, -0.15) is 0 Å². The molecule has 15 aromatic carbocycles. The normalized spacial score (nSPS) is 11.9. The van der Waals surface area contributed by atoms with Crippen molar-refractivity contribution in [1.82, 2.24) is 29.1 Å². The fourth-order valence-corrected chi connectivity index (χ4v) is 13.8. The number of hydrogen-bond acceptors (Lipinski definition) is 4. The van der Waals surface area contributed by atoms with Gasteiger partial charge in [0.05, 0.1) is 33.3 Å². The Kier molecular flexibility index (Phi) is 11.2. The van der Waals surface area contributed by atoms with Crippen LogP contribution in [-0.2, 0) is 0 Å². The highest BCUT2D eigenvalue weighted by atomic mass is 15.1. The van der Waals surface area contributed by atoms with Crippen LogP contribution in [0.1, 0.15) is 0 Å². The average molecular weight is 1120 g/mol. The molecule has 0 fully saturated rings. The zero-order valence-electron chi connectivity index (χ0n) is 47.6. The molecular weight excluding hydrogens is 1070 g/mol. The molecule has 0 N–H and O–H groups in total. The summed E-state index contributed by atoms with van der Waals surface area (Å²) < 4.78 is 4.52. The lowest BCUT2D eigenvalue weighted by molar-refractivity contribution is 1.10. The minimum atomic E-state index is 0.624. The van der Waals surface area contributed by atoms with Gasteiger partial charge in [0.1, 0.15) is 11.6 Å². The van der Waals surface area contributed by atoms with Crippen LogP contribution in [0.5, 0.6) is 0 Å². The second kappa shape index (κ2) is 19.9. The zero-order chi connectivity index (χ0) is 57.8. The van der Waals surface area contributed by atoms with Crippen LogP contribution in [0, 0.1) is 0 Å². The Morgan fingerprint density at radius 1 is 0.216 bits per heavy atom. The molecule has 0 spiro atoms. The van der Waals surface area contributed by atoms with Crippen molar-refractivity contribution >= 4 is 97.6 Å². The first-order valence-electron chi connectivity index (χ1n) is 29.9. The van der Waals surface area contributed by atoms with Crippen LogP contribution in [0.3, 0.4) is 0 Å². The highest BCUT2D eigenvalue weighted by Crippen LogP contribution is 2.45. The number of imidazole rings is 2. The lowest BCUT2D eigenvalue weighted by atomic mass is 9.89. The van der Waals surface area contributed by atoms with Crippen LogP contribution in [0.15, 0.2) is 303 Å². The number of rotatable bonds is 8. The Labute approximate surface area is 506 Å². The van der Waals surface area contributed by atoms with E-state index in [2.05, 4.69) is 294 Å². The van der Waals surface area contributed by atoms with Gasteiger partial charge in [0.25, 0.3) is 0 Å². The maximum atomic E-state index is 5.76. The van der Waals surface area contributed by atoms with Crippen molar-refractivity contribution in [2.24, 2.45) is 0 Å². The SMILES string of the molecule is c1ccc(-c2nc3ccccc3n2-c2ccc(-c3nc(-c4ccc(-n5c(-c6ccccc6)nc6ccccc65)cc4)c4cc(-c5ccc6c7ccccc7c7ccccc7c6c5)cc(-c5ccc6c7ccccc7c7ccccc7c6c5)c4n3)cc2)cc1. The Hall–Kier alpha value is -11.9. The zero-order valence-corrected chi connectivity index (χ0v) is 47.6. The van der Waals surface area contributed by atoms with Gasteiger partial charge in [-0.25, -0.2) is 19.9 Å². The molecule has 0 unspecified atom stereocenters. The van der Waals surface area contributed by atoms with Gasteiger partial charge in [-0.1, -0.05) is 218 Å². The van der Waals surface area contributed by atoms with Crippen molar-refractivity contribution in [3.8, 4) is 79.0 Å². The molecule has 0 amide bonds. The molecule has 0 radical (unpaired) electrons. The van der Waals surface area contributed by atoms with Crippen LogP contribution in [0.2, 0.25) is 0 Å².